The van der Waals surface area contributed by atoms with E-state index in [1.54, 1.807) is 0 Å². The molecule has 0 spiro atoms. The lowest BCUT2D eigenvalue weighted by atomic mass is 10.2. The second-order valence-electron chi connectivity index (χ2n) is 1.80. The van der Waals surface area contributed by atoms with Crippen molar-refractivity contribution in [3.05, 3.63) is 0 Å². The molecule has 0 rings (SSSR count). The van der Waals surface area contributed by atoms with E-state index < -0.39 is 0 Å². The van der Waals surface area contributed by atoms with E-state index in [1.807, 2.05) is 6.92 Å². The highest BCUT2D eigenvalue weighted by Crippen LogP contribution is 1.88. The molecule has 46 valence electrons. The Hall–Kier alpha value is -0.660. The van der Waals surface area contributed by atoms with Gasteiger partial charge in [-0.25, -0.2) is 0 Å². The molecule has 0 aliphatic heterocycles. The maximum absolute atomic E-state index is 10.5. The van der Waals surface area contributed by atoms with E-state index in [0.29, 0.717) is 6.42 Å². The summed E-state index contributed by atoms with van der Waals surface area (Å²) in [6.07, 6.45) is 1.37. The smallest absolute Gasteiger partial charge is 0.175 e. The molecule has 0 atom stereocenters. The molecule has 0 aromatic rings. The maximum atomic E-state index is 10.5. The van der Waals surface area contributed by atoms with Gasteiger partial charge >= 0.3 is 0 Å². The second-order valence-corrected chi connectivity index (χ2v) is 1.80. The fourth-order valence-corrected chi connectivity index (χ4v) is 0.415. The molecule has 0 aromatic heterocycles. The number of hydrogen-bond donors (Lipinski definition) is 1. The van der Waals surface area contributed by atoms with Crippen LogP contribution in [0.1, 0.15) is 26.7 Å². The first kappa shape index (κ1) is 7.34. The van der Waals surface area contributed by atoms with Crippen molar-refractivity contribution in [3.8, 4) is 0 Å². The van der Waals surface area contributed by atoms with Crippen molar-refractivity contribution in [1.29, 1.82) is 5.41 Å². The SMILES string of the molecule is CCCC(=O)C(C)=N. The van der Waals surface area contributed by atoms with Gasteiger partial charge in [0.05, 0.1) is 5.71 Å². The van der Waals surface area contributed by atoms with E-state index in [9.17, 15) is 4.79 Å². The van der Waals surface area contributed by atoms with Gasteiger partial charge in [-0.15, -0.1) is 0 Å². The summed E-state index contributed by atoms with van der Waals surface area (Å²) in [4.78, 5) is 10.5. The predicted octanol–water partition coefficient (Wildman–Crippen LogP) is 1.40. The topological polar surface area (TPSA) is 40.9 Å². The van der Waals surface area contributed by atoms with Crippen LogP contribution in [0.4, 0.5) is 0 Å². The van der Waals surface area contributed by atoms with Gasteiger partial charge in [0.25, 0.3) is 0 Å². The van der Waals surface area contributed by atoms with Gasteiger partial charge in [0, 0.05) is 6.42 Å². The van der Waals surface area contributed by atoms with Gasteiger partial charge in [-0.1, -0.05) is 6.92 Å². The van der Waals surface area contributed by atoms with Crippen LogP contribution in [0.15, 0.2) is 0 Å². The van der Waals surface area contributed by atoms with Crippen molar-refractivity contribution in [2.45, 2.75) is 26.7 Å². The summed E-state index contributed by atoms with van der Waals surface area (Å²) in [6, 6.07) is 0. The number of ketones is 1. The molecule has 0 heterocycles. The van der Waals surface area contributed by atoms with E-state index in [-0.39, 0.29) is 11.5 Å². The zero-order valence-corrected chi connectivity index (χ0v) is 5.32. The molecule has 0 aromatic carbocycles. The Kier molecular flexibility index (Phi) is 3.08. The normalized spacial score (nSPS) is 8.75. The molecule has 0 aliphatic rings. The minimum absolute atomic E-state index is 0.0347. The minimum Gasteiger partial charge on any atom is -0.302 e. The molecule has 0 saturated heterocycles. The summed E-state index contributed by atoms with van der Waals surface area (Å²) in [5, 5.41) is 6.85. The number of rotatable bonds is 3. The molecule has 0 aliphatic carbocycles. The van der Waals surface area contributed by atoms with Crippen molar-refractivity contribution < 1.29 is 4.79 Å². The average molecular weight is 113 g/mol. The van der Waals surface area contributed by atoms with Crippen LogP contribution >= 0.6 is 0 Å². The first-order valence-corrected chi connectivity index (χ1v) is 2.76. The minimum atomic E-state index is -0.0347. The van der Waals surface area contributed by atoms with Gasteiger partial charge in [-0.05, 0) is 13.3 Å². The quantitative estimate of drug-likeness (QED) is 0.552. The lowest BCUT2D eigenvalue weighted by Crippen LogP contribution is -2.06. The van der Waals surface area contributed by atoms with Gasteiger partial charge in [0.1, 0.15) is 0 Å². The maximum Gasteiger partial charge on any atom is 0.175 e. The molecule has 2 nitrogen and oxygen atoms in total. The second kappa shape index (κ2) is 3.36. The number of nitrogens with one attached hydrogen (secondary N) is 1. The van der Waals surface area contributed by atoms with E-state index >= 15 is 0 Å². The van der Waals surface area contributed by atoms with E-state index in [0.717, 1.165) is 6.42 Å². The van der Waals surface area contributed by atoms with Gasteiger partial charge < -0.3 is 5.41 Å². The lowest BCUT2D eigenvalue weighted by molar-refractivity contribution is -0.113. The van der Waals surface area contributed by atoms with Gasteiger partial charge in [-0.2, -0.15) is 0 Å². The monoisotopic (exact) mass is 113 g/mol. The molecular formula is C6H11NO. The molecule has 0 saturated carbocycles. The standard InChI is InChI=1S/C6H11NO/c1-3-4-6(8)5(2)7/h7H,3-4H2,1-2H3. The first-order chi connectivity index (χ1) is 3.68. The van der Waals surface area contributed by atoms with Gasteiger partial charge in [0.2, 0.25) is 0 Å². The molecular weight excluding hydrogens is 102 g/mol. The third-order valence-electron chi connectivity index (χ3n) is 0.895. The molecule has 0 radical (unpaired) electrons. The molecule has 8 heavy (non-hydrogen) atoms. The predicted molar refractivity (Wildman–Crippen MR) is 33.3 cm³/mol. The third-order valence-corrected chi connectivity index (χ3v) is 0.895. The Morgan fingerprint density at radius 2 is 2.12 bits per heavy atom. The highest BCUT2D eigenvalue weighted by molar-refractivity contribution is 6.37. The fourth-order valence-electron chi connectivity index (χ4n) is 0.415. The third kappa shape index (κ3) is 2.50. The zero-order chi connectivity index (χ0) is 6.57. The fraction of sp³-hybridized carbons (Fsp3) is 0.667. The highest BCUT2D eigenvalue weighted by Gasteiger charge is 1.99. The van der Waals surface area contributed by atoms with E-state index in [4.69, 9.17) is 5.41 Å². The van der Waals surface area contributed by atoms with Crippen LogP contribution in [0.3, 0.4) is 0 Å². The first-order valence-electron chi connectivity index (χ1n) is 2.76. The summed E-state index contributed by atoms with van der Waals surface area (Å²) >= 11 is 0. The van der Waals surface area contributed by atoms with Crippen LogP contribution in [0.2, 0.25) is 0 Å². The average Bonchev–Trinajstić information content (AvgIpc) is 1.67. The summed E-state index contributed by atoms with van der Waals surface area (Å²) in [5.74, 6) is -0.0347. The lowest BCUT2D eigenvalue weighted by Gasteiger charge is -1.90. The van der Waals surface area contributed by atoms with Crippen LogP contribution in [-0.4, -0.2) is 11.5 Å². The molecule has 0 unspecified atom stereocenters. The Balaban J connectivity index is 3.49. The molecule has 0 bridgehead atoms. The Morgan fingerprint density at radius 3 is 2.25 bits per heavy atom. The van der Waals surface area contributed by atoms with Crippen molar-refractivity contribution in [2.75, 3.05) is 0 Å². The van der Waals surface area contributed by atoms with Crippen LogP contribution < -0.4 is 0 Å². The number of hydrogen-bond acceptors (Lipinski definition) is 2. The summed E-state index contributed by atoms with van der Waals surface area (Å²) < 4.78 is 0. The molecule has 0 amide bonds. The van der Waals surface area contributed by atoms with Crippen LogP contribution in [0.5, 0.6) is 0 Å². The molecule has 2 heteroatoms. The Morgan fingerprint density at radius 1 is 1.62 bits per heavy atom. The Bertz CT molecular complexity index is 107. The largest absolute Gasteiger partial charge is 0.302 e. The van der Waals surface area contributed by atoms with Crippen LogP contribution in [0.25, 0.3) is 0 Å². The van der Waals surface area contributed by atoms with Crippen molar-refractivity contribution in [2.24, 2.45) is 0 Å². The zero-order valence-electron chi connectivity index (χ0n) is 5.32. The van der Waals surface area contributed by atoms with Crippen molar-refractivity contribution in [1.82, 2.24) is 0 Å². The van der Waals surface area contributed by atoms with Gasteiger partial charge in [0.15, 0.2) is 5.78 Å². The number of Topliss-reactive ketones (excluding diaryl/α,β-unsaturated/α-hetero) is 1. The van der Waals surface area contributed by atoms with E-state index in [2.05, 4.69) is 0 Å². The van der Waals surface area contributed by atoms with Gasteiger partial charge in [-0.3, -0.25) is 4.79 Å². The van der Waals surface area contributed by atoms with E-state index in [1.165, 1.54) is 6.92 Å². The summed E-state index contributed by atoms with van der Waals surface area (Å²) in [6.45, 7) is 3.46. The van der Waals surface area contributed by atoms with Crippen molar-refractivity contribution in [3.63, 3.8) is 0 Å². The van der Waals surface area contributed by atoms with Crippen LogP contribution in [-0.2, 0) is 4.79 Å². The molecule has 1 N–H and O–H groups in total. The highest BCUT2D eigenvalue weighted by atomic mass is 16.1. The van der Waals surface area contributed by atoms with Crippen LogP contribution in [0, 0.1) is 5.41 Å². The number of carbonyl (C=O) groups is 1. The Labute approximate surface area is 49.4 Å². The molecule has 0 fully saturated rings. The number of carbonyl (C=O) groups excluding carboxylic acids is 1. The summed E-state index contributed by atoms with van der Waals surface area (Å²) in [5.41, 5.74) is 0.173. The van der Waals surface area contributed by atoms with Crippen molar-refractivity contribution >= 4 is 11.5 Å². The summed E-state index contributed by atoms with van der Waals surface area (Å²) in [7, 11) is 0.